The van der Waals surface area contributed by atoms with E-state index in [-0.39, 0.29) is 0 Å². The molecule has 0 atom stereocenters. The molecule has 7 nitrogen and oxygen atoms in total. The van der Waals surface area contributed by atoms with Crippen molar-refractivity contribution in [3.63, 3.8) is 0 Å². The van der Waals surface area contributed by atoms with Crippen LogP contribution in [-0.2, 0) is 24.4 Å². The van der Waals surface area contributed by atoms with E-state index >= 15 is 0 Å². The van der Waals surface area contributed by atoms with Crippen LogP contribution in [0, 0.1) is 13.8 Å². The van der Waals surface area contributed by atoms with Crippen molar-refractivity contribution in [1.82, 2.24) is 25.3 Å². The predicted molar refractivity (Wildman–Crippen MR) is 117 cm³/mol. The van der Waals surface area contributed by atoms with E-state index in [1.165, 1.54) is 16.8 Å². The molecule has 1 aromatic carbocycles. The number of hydrogen-bond donors (Lipinski definition) is 2. The summed E-state index contributed by atoms with van der Waals surface area (Å²) in [6, 6.07) is 10.9. The number of rotatable bonds is 8. The second-order valence-corrected chi connectivity index (χ2v) is 7.56. The van der Waals surface area contributed by atoms with Gasteiger partial charge in [0.2, 0.25) is 0 Å². The monoisotopic (exact) mass is 398 g/mol. The summed E-state index contributed by atoms with van der Waals surface area (Å²) in [5.41, 5.74) is 4.89. The lowest BCUT2D eigenvalue weighted by atomic mass is 10.1. The van der Waals surface area contributed by atoms with Gasteiger partial charge < -0.3 is 15.4 Å². The van der Waals surface area contributed by atoms with Crippen LogP contribution in [0.3, 0.4) is 0 Å². The molecule has 0 amide bonds. The number of aromatic nitrogens is 2. The van der Waals surface area contributed by atoms with E-state index in [9.17, 15) is 0 Å². The van der Waals surface area contributed by atoms with E-state index in [0.717, 1.165) is 70.6 Å². The topological polar surface area (TPSA) is 66.7 Å². The summed E-state index contributed by atoms with van der Waals surface area (Å²) in [4.78, 5) is 6.78. The highest BCUT2D eigenvalue weighted by atomic mass is 16.5. The Morgan fingerprint density at radius 3 is 2.66 bits per heavy atom. The van der Waals surface area contributed by atoms with Gasteiger partial charge in [-0.2, -0.15) is 5.10 Å². The van der Waals surface area contributed by atoms with Crippen LogP contribution in [0.1, 0.15) is 28.9 Å². The van der Waals surface area contributed by atoms with Crippen molar-refractivity contribution in [2.75, 3.05) is 39.9 Å². The van der Waals surface area contributed by atoms with Crippen LogP contribution >= 0.6 is 0 Å². The molecule has 1 saturated heterocycles. The van der Waals surface area contributed by atoms with Gasteiger partial charge in [0.15, 0.2) is 5.96 Å². The zero-order valence-electron chi connectivity index (χ0n) is 17.9. The average Bonchev–Trinajstić information content (AvgIpc) is 3.05. The first-order valence-corrected chi connectivity index (χ1v) is 10.5. The van der Waals surface area contributed by atoms with Gasteiger partial charge in [-0.15, -0.1) is 0 Å². The maximum atomic E-state index is 5.43. The molecule has 0 aliphatic carbocycles. The lowest BCUT2D eigenvalue weighted by Crippen LogP contribution is -2.37. The quantitative estimate of drug-likeness (QED) is 0.405. The zero-order chi connectivity index (χ0) is 20.5. The van der Waals surface area contributed by atoms with Gasteiger partial charge in [0.1, 0.15) is 0 Å². The third-order valence-electron chi connectivity index (χ3n) is 5.13. The molecule has 0 unspecified atom stereocenters. The van der Waals surface area contributed by atoms with E-state index in [4.69, 9.17) is 4.74 Å². The Morgan fingerprint density at radius 1 is 1.14 bits per heavy atom. The summed E-state index contributed by atoms with van der Waals surface area (Å²) in [5.74, 6) is 0.831. The lowest BCUT2D eigenvalue weighted by molar-refractivity contribution is 0.0342. The molecule has 1 aliphatic heterocycles. The fraction of sp³-hybridized carbons (Fsp3) is 0.545. The molecule has 0 saturated carbocycles. The molecule has 7 heteroatoms. The normalized spacial score (nSPS) is 15.5. The fourth-order valence-corrected chi connectivity index (χ4v) is 3.60. The number of aryl methyl sites for hydroxylation is 3. The highest BCUT2D eigenvalue weighted by molar-refractivity contribution is 5.79. The number of hydrogen-bond acceptors (Lipinski definition) is 4. The smallest absolute Gasteiger partial charge is 0.191 e. The minimum absolute atomic E-state index is 0.758. The van der Waals surface area contributed by atoms with Crippen molar-refractivity contribution < 1.29 is 4.74 Å². The van der Waals surface area contributed by atoms with Gasteiger partial charge in [-0.05, 0) is 37.5 Å². The van der Waals surface area contributed by atoms with Gasteiger partial charge in [-0.25, -0.2) is 0 Å². The summed E-state index contributed by atoms with van der Waals surface area (Å²) >= 11 is 0. The number of ether oxygens (including phenoxy) is 1. The van der Waals surface area contributed by atoms with Crippen LogP contribution < -0.4 is 10.6 Å². The molecule has 2 heterocycles. The first-order chi connectivity index (χ1) is 14.1. The van der Waals surface area contributed by atoms with Gasteiger partial charge in [-0.3, -0.25) is 14.6 Å². The SMILES string of the molecule is CN=C(NCCCn1nc(C)cc1C)NCc1cccc(CN2CCOCC2)c1. The van der Waals surface area contributed by atoms with Crippen molar-refractivity contribution in [3.8, 4) is 0 Å². The van der Waals surface area contributed by atoms with Gasteiger partial charge in [0.05, 0.1) is 18.9 Å². The Bertz CT molecular complexity index is 794. The third kappa shape index (κ3) is 6.87. The lowest BCUT2D eigenvalue weighted by Gasteiger charge is -2.26. The molecular formula is C22H34N6O. The molecule has 29 heavy (non-hydrogen) atoms. The second kappa shape index (κ2) is 11.0. The predicted octanol–water partition coefficient (Wildman–Crippen LogP) is 2.09. The van der Waals surface area contributed by atoms with E-state index in [1.807, 2.05) is 14.0 Å². The molecule has 158 valence electrons. The summed E-state index contributed by atoms with van der Waals surface area (Å²) in [6.07, 6.45) is 0.998. The molecule has 1 aromatic heterocycles. The van der Waals surface area contributed by atoms with Crippen LogP contribution in [0.4, 0.5) is 0 Å². The Hall–Kier alpha value is -2.38. The molecular weight excluding hydrogens is 364 g/mol. The van der Waals surface area contributed by atoms with Gasteiger partial charge in [0.25, 0.3) is 0 Å². The first kappa shape index (κ1) is 21.3. The Morgan fingerprint density at radius 2 is 1.93 bits per heavy atom. The van der Waals surface area contributed by atoms with Crippen molar-refractivity contribution in [3.05, 3.63) is 52.8 Å². The summed E-state index contributed by atoms with van der Waals surface area (Å²) < 4.78 is 7.50. The Labute approximate surface area is 174 Å². The van der Waals surface area contributed by atoms with E-state index < -0.39 is 0 Å². The third-order valence-corrected chi connectivity index (χ3v) is 5.13. The minimum Gasteiger partial charge on any atom is -0.379 e. The average molecular weight is 399 g/mol. The fourth-order valence-electron chi connectivity index (χ4n) is 3.60. The molecule has 2 N–H and O–H groups in total. The number of morpholine rings is 1. The van der Waals surface area contributed by atoms with Crippen LogP contribution in [-0.4, -0.2) is 60.5 Å². The van der Waals surface area contributed by atoms with Crippen molar-refractivity contribution in [2.24, 2.45) is 4.99 Å². The number of aliphatic imine (C=N–C) groups is 1. The number of nitrogens with one attached hydrogen (secondary N) is 2. The van der Waals surface area contributed by atoms with Gasteiger partial charge in [0, 0.05) is 52.0 Å². The summed E-state index contributed by atoms with van der Waals surface area (Å²) in [7, 11) is 1.81. The molecule has 1 fully saturated rings. The van der Waals surface area contributed by atoms with Gasteiger partial charge >= 0.3 is 0 Å². The molecule has 0 spiro atoms. The van der Waals surface area contributed by atoms with E-state index in [0.29, 0.717) is 0 Å². The van der Waals surface area contributed by atoms with Crippen molar-refractivity contribution in [1.29, 1.82) is 0 Å². The van der Waals surface area contributed by atoms with Crippen molar-refractivity contribution in [2.45, 2.75) is 39.9 Å². The first-order valence-electron chi connectivity index (χ1n) is 10.5. The van der Waals surface area contributed by atoms with E-state index in [1.54, 1.807) is 0 Å². The highest BCUT2D eigenvalue weighted by Gasteiger charge is 2.10. The number of nitrogens with zero attached hydrogens (tertiary/aromatic N) is 4. The van der Waals surface area contributed by atoms with E-state index in [2.05, 4.69) is 67.6 Å². The summed E-state index contributed by atoms with van der Waals surface area (Å²) in [5, 5.41) is 11.3. The summed E-state index contributed by atoms with van der Waals surface area (Å²) in [6.45, 7) is 11.3. The second-order valence-electron chi connectivity index (χ2n) is 7.56. The maximum Gasteiger partial charge on any atom is 0.191 e. The molecule has 1 aliphatic rings. The zero-order valence-corrected chi connectivity index (χ0v) is 17.9. The standard InChI is InChI=1S/C22H34N6O/c1-18-14-19(2)28(26-18)9-5-8-24-22(23-3)25-16-20-6-4-7-21(15-20)17-27-10-12-29-13-11-27/h4,6-7,14-15H,5,8-13,16-17H2,1-3H3,(H2,23,24,25). The minimum atomic E-state index is 0.758. The Balaban J connectivity index is 1.40. The largest absolute Gasteiger partial charge is 0.379 e. The molecule has 2 aromatic rings. The number of guanidine groups is 1. The molecule has 0 bridgehead atoms. The Kier molecular flexibility index (Phi) is 8.07. The maximum absolute atomic E-state index is 5.43. The van der Waals surface area contributed by atoms with Crippen LogP contribution in [0.25, 0.3) is 0 Å². The van der Waals surface area contributed by atoms with Crippen LogP contribution in [0.5, 0.6) is 0 Å². The number of benzene rings is 1. The molecule has 3 rings (SSSR count). The van der Waals surface area contributed by atoms with Crippen molar-refractivity contribution >= 4 is 5.96 Å². The van der Waals surface area contributed by atoms with Gasteiger partial charge in [-0.1, -0.05) is 24.3 Å². The highest BCUT2D eigenvalue weighted by Crippen LogP contribution is 2.10. The van der Waals surface area contributed by atoms with Crippen LogP contribution in [0.2, 0.25) is 0 Å². The van der Waals surface area contributed by atoms with Crippen LogP contribution in [0.15, 0.2) is 35.3 Å². The molecule has 0 radical (unpaired) electrons.